The van der Waals surface area contributed by atoms with E-state index in [2.05, 4.69) is 152 Å². The van der Waals surface area contributed by atoms with Crippen LogP contribution >= 0.6 is 11.3 Å². The molecule has 1 aliphatic carbocycles. The first-order valence-corrected chi connectivity index (χ1v) is 22.1. The molecule has 5 heteroatoms. The zero-order chi connectivity index (χ0) is 41.5. The van der Waals surface area contributed by atoms with Crippen LogP contribution in [0.3, 0.4) is 0 Å². The fraction of sp³-hybridized carbons (Fsp3) is 0.0172. The van der Waals surface area contributed by atoms with Crippen molar-refractivity contribution in [2.45, 2.75) is 5.41 Å². The van der Waals surface area contributed by atoms with Crippen molar-refractivity contribution in [3.05, 3.63) is 235 Å². The van der Waals surface area contributed by atoms with Crippen molar-refractivity contribution in [1.82, 2.24) is 15.0 Å². The number of para-hydroxylation sites is 2. The van der Waals surface area contributed by atoms with Gasteiger partial charge < -0.3 is 4.42 Å². The lowest BCUT2D eigenvalue weighted by Gasteiger charge is -2.34. The largest absolute Gasteiger partial charge is 0.455 e. The highest BCUT2D eigenvalue weighted by Crippen LogP contribution is 2.57. The Morgan fingerprint density at radius 2 is 0.921 bits per heavy atom. The number of benzene rings is 9. The molecule has 3 heterocycles. The van der Waals surface area contributed by atoms with E-state index in [0.29, 0.717) is 17.5 Å². The van der Waals surface area contributed by atoms with Gasteiger partial charge in [-0.15, -0.1) is 11.3 Å². The van der Waals surface area contributed by atoms with E-state index in [-0.39, 0.29) is 0 Å². The number of thiophene rings is 1. The van der Waals surface area contributed by atoms with Gasteiger partial charge in [-0.3, -0.25) is 0 Å². The molecule has 1 aliphatic rings. The van der Waals surface area contributed by atoms with Crippen LogP contribution in [0, 0.1) is 0 Å². The van der Waals surface area contributed by atoms with E-state index in [0.717, 1.165) is 49.8 Å². The molecule has 0 spiro atoms. The molecule has 63 heavy (non-hydrogen) atoms. The van der Waals surface area contributed by atoms with Crippen LogP contribution in [0.1, 0.15) is 22.3 Å². The summed E-state index contributed by atoms with van der Waals surface area (Å²) in [7, 11) is 0. The van der Waals surface area contributed by atoms with Crippen LogP contribution in [0.15, 0.2) is 217 Å². The van der Waals surface area contributed by atoms with Crippen LogP contribution in [0.2, 0.25) is 0 Å². The Morgan fingerprint density at radius 1 is 0.349 bits per heavy atom. The lowest BCUT2D eigenvalue weighted by molar-refractivity contribution is 0.669. The van der Waals surface area contributed by atoms with Gasteiger partial charge in [0.05, 0.1) is 11.0 Å². The van der Waals surface area contributed by atoms with E-state index in [9.17, 15) is 0 Å². The molecular formula is C58H35N3OS. The second-order valence-corrected chi connectivity index (χ2v) is 17.3. The summed E-state index contributed by atoms with van der Waals surface area (Å²) in [5.41, 5.74) is 13.6. The summed E-state index contributed by atoms with van der Waals surface area (Å²) in [5, 5.41) is 4.70. The molecule has 0 radical (unpaired) electrons. The maximum absolute atomic E-state index is 6.46. The van der Waals surface area contributed by atoms with Gasteiger partial charge >= 0.3 is 0 Å². The number of rotatable bonds is 6. The Morgan fingerprint density at radius 3 is 1.73 bits per heavy atom. The first kappa shape index (κ1) is 35.7. The van der Waals surface area contributed by atoms with Gasteiger partial charge in [-0.1, -0.05) is 176 Å². The first-order chi connectivity index (χ1) is 31.2. The van der Waals surface area contributed by atoms with Crippen LogP contribution in [0.25, 0.3) is 98.5 Å². The quantitative estimate of drug-likeness (QED) is 0.168. The molecule has 3 aromatic heterocycles. The predicted octanol–water partition coefficient (Wildman–Crippen LogP) is 15.2. The summed E-state index contributed by atoms with van der Waals surface area (Å²) in [6, 6.07) is 76.0. The molecule has 0 aliphatic heterocycles. The third-order valence-electron chi connectivity index (χ3n) is 12.8. The van der Waals surface area contributed by atoms with E-state index in [1.807, 2.05) is 72.0 Å². The molecule has 4 nitrogen and oxygen atoms in total. The molecule has 0 saturated carbocycles. The van der Waals surface area contributed by atoms with E-state index in [1.54, 1.807) is 0 Å². The number of fused-ring (bicyclic) bond motifs is 9. The van der Waals surface area contributed by atoms with Crippen molar-refractivity contribution < 1.29 is 4.42 Å². The fourth-order valence-corrected chi connectivity index (χ4v) is 11.1. The maximum atomic E-state index is 6.46. The Labute approximate surface area is 367 Å². The number of aromatic nitrogens is 3. The van der Waals surface area contributed by atoms with Crippen molar-refractivity contribution >= 4 is 53.4 Å². The second kappa shape index (κ2) is 14.0. The third kappa shape index (κ3) is 5.50. The zero-order valence-electron chi connectivity index (χ0n) is 33.9. The summed E-state index contributed by atoms with van der Waals surface area (Å²) in [4.78, 5) is 15.3. The monoisotopic (exact) mass is 821 g/mol. The van der Waals surface area contributed by atoms with Crippen LogP contribution in [-0.2, 0) is 5.41 Å². The molecule has 0 atom stereocenters. The minimum absolute atomic E-state index is 0.511. The van der Waals surface area contributed by atoms with Crippen molar-refractivity contribution in [3.8, 4) is 56.4 Å². The van der Waals surface area contributed by atoms with Gasteiger partial charge in [0.2, 0.25) is 0 Å². The van der Waals surface area contributed by atoms with Crippen molar-refractivity contribution in [2.24, 2.45) is 0 Å². The van der Waals surface area contributed by atoms with Crippen LogP contribution in [0.4, 0.5) is 0 Å². The van der Waals surface area contributed by atoms with Crippen molar-refractivity contribution in [3.63, 3.8) is 0 Å². The van der Waals surface area contributed by atoms with Gasteiger partial charge in [-0.25, -0.2) is 15.0 Å². The molecule has 0 unspecified atom stereocenters. The van der Waals surface area contributed by atoms with Crippen LogP contribution < -0.4 is 0 Å². The number of hydrogen-bond donors (Lipinski definition) is 0. The topological polar surface area (TPSA) is 51.8 Å². The standard InChI is InChI=1S/C58H35N3OS/c1-2-14-37(15-3-1)55-59-56(61-57(60-55)47-23-13-22-46-44-20-6-10-26-51(44)62-54(46)47)39-17-12-16-38(34-39)36-28-30-40(31-29-36)58(49-24-8-4-18-42(49)43-19-5-9-25-50(43)58)41-32-33-53-48(35-41)45-21-7-11-27-52(45)63-53/h1-35H. The van der Waals surface area contributed by atoms with Gasteiger partial charge in [0.15, 0.2) is 17.5 Å². The molecular weight excluding hydrogens is 787 g/mol. The highest BCUT2D eigenvalue weighted by molar-refractivity contribution is 7.25. The van der Waals surface area contributed by atoms with Gasteiger partial charge in [0.25, 0.3) is 0 Å². The molecule has 0 bridgehead atoms. The smallest absolute Gasteiger partial charge is 0.167 e. The molecule has 0 N–H and O–H groups in total. The molecule has 0 saturated heterocycles. The molecule has 0 amide bonds. The fourth-order valence-electron chi connectivity index (χ4n) is 10.00. The summed E-state index contributed by atoms with van der Waals surface area (Å²) in [6.07, 6.45) is 0. The molecule has 12 aromatic rings. The van der Waals surface area contributed by atoms with Gasteiger partial charge in [0.1, 0.15) is 11.2 Å². The van der Waals surface area contributed by atoms with Crippen LogP contribution in [0.5, 0.6) is 0 Å². The molecule has 13 rings (SSSR count). The Hall–Kier alpha value is -7.99. The van der Waals surface area contributed by atoms with Gasteiger partial charge in [-0.2, -0.15) is 0 Å². The predicted molar refractivity (Wildman–Crippen MR) is 259 cm³/mol. The van der Waals surface area contributed by atoms with Crippen molar-refractivity contribution in [2.75, 3.05) is 0 Å². The normalized spacial score (nSPS) is 12.9. The summed E-state index contributed by atoms with van der Waals surface area (Å²) in [5.74, 6) is 1.77. The Balaban J connectivity index is 0.949. The summed E-state index contributed by atoms with van der Waals surface area (Å²) < 4.78 is 9.07. The lowest BCUT2D eigenvalue weighted by Crippen LogP contribution is -2.28. The molecule has 294 valence electrons. The lowest BCUT2D eigenvalue weighted by atomic mass is 9.67. The minimum Gasteiger partial charge on any atom is -0.455 e. The van der Waals surface area contributed by atoms with E-state index in [4.69, 9.17) is 19.4 Å². The third-order valence-corrected chi connectivity index (χ3v) is 14.0. The van der Waals surface area contributed by atoms with Crippen molar-refractivity contribution in [1.29, 1.82) is 0 Å². The maximum Gasteiger partial charge on any atom is 0.167 e. The average molecular weight is 822 g/mol. The van der Waals surface area contributed by atoms with E-state index < -0.39 is 5.41 Å². The average Bonchev–Trinajstić information content (AvgIpc) is 4.03. The number of furan rings is 1. The molecule has 0 fully saturated rings. The number of nitrogens with zero attached hydrogens (tertiary/aromatic N) is 3. The highest BCUT2D eigenvalue weighted by atomic mass is 32.1. The SMILES string of the molecule is c1ccc(-c2nc(-c3cccc(-c4ccc(C5(c6ccc7sc8ccccc8c7c6)c6ccccc6-c6ccccc65)cc4)c3)nc(-c3cccc4c3oc3ccccc34)n2)cc1. The van der Waals surface area contributed by atoms with E-state index in [1.165, 1.54) is 53.6 Å². The molecule has 9 aromatic carbocycles. The Bertz CT molecular complexity index is 3710. The zero-order valence-corrected chi connectivity index (χ0v) is 34.7. The van der Waals surface area contributed by atoms with Gasteiger partial charge in [-0.05, 0) is 80.9 Å². The van der Waals surface area contributed by atoms with E-state index >= 15 is 0 Å². The summed E-state index contributed by atoms with van der Waals surface area (Å²) in [6.45, 7) is 0. The first-order valence-electron chi connectivity index (χ1n) is 21.3. The van der Waals surface area contributed by atoms with Gasteiger partial charge in [0, 0.05) is 42.1 Å². The summed E-state index contributed by atoms with van der Waals surface area (Å²) >= 11 is 1.86. The number of hydrogen-bond acceptors (Lipinski definition) is 5. The second-order valence-electron chi connectivity index (χ2n) is 16.3. The minimum atomic E-state index is -0.511. The highest BCUT2D eigenvalue weighted by Gasteiger charge is 2.46. The van der Waals surface area contributed by atoms with Crippen LogP contribution in [-0.4, -0.2) is 15.0 Å². The Kier molecular flexibility index (Phi) is 7.96.